The second-order valence-corrected chi connectivity index (χ2v) is 7.49. The van der Waals surface area contributed by atoms with Gasteiger partial charge in [0.15, 0.2) is 0 Å². The van der Waals surface area contributed by atoms with E-state index in [1.54, 1.807) is 13.3 Å². The number of carbonyl (C=O) groups is 1. The highest BCUT2D eigenvalue weighted by Crippen LogP contribution is 2.21. The Balaban J connectivity index is 1.43. The Kier molecular flexibility index (Phi) is 5.73. The Morgan fingerprint density at radius 1 is 1.24 bits per heavy atom. The van der Waals surface area contributed by atoms with Gasteiger partial charge in [0.05, 0.1) is 0 Å². The van der Waals surface area contributed by atoms with E-state index in [4.69, 9.17) is 0 Å². The van der Waals surface area contributed by atoms with Gasteiger partial charge < -0.3 is 20.0 Å². The molecule has 7 nitrogen and oxygen atoms in total. The van der Waals surface area contributed by atoms with Crippen LogP contribution < -0.4 is 10.2 Å². The van der Waals surface area contributed by atoms with Crippen LogP contribution in [0.25, 0.3) is 0 Å². The minimum absolute atomic E-state index is 0.215. The van der Waals surface area contributed by atoms with Gasteiger partial charge in [-0.2, -0.15) is 0 Å². The maximum Gasteiger partial charge on any atom is 0.219 e. The highest BCUT2D eigenvalue weighted by Gasteiger charge is 2.27. The summed E-state index contributed by atoms with van der Waals surface area (Å²) in [6, 6.07) is 2.47. The van der Waals surface area contributed by atoms with Gasteiger partial charge in [0.2, 0.25) is 5.91 Å². The number of amides is 1. The summed E-state index contributed by atoms with van der Waals surface area (Å²) in [5.74, 6) is 2.68. The molecule has 3 heterocycles. The van der Waals surface area contributed by atoms with Gasteiger partial charge >= 0.3 is 0 Å². The van der Waals surface area contributed by atoms with Crippen molar-refractivity contribution in [2.75, 3.05) is 57.0 Å². The molecule has 1 unspecified atom stereocenters. The van der Waals surface area contributed by atoms with E-state index in [2.05, 4.69) is 20.2 Å². The van der Waals surface area contributed by atoms with E-state index in [9.17, 15) is 4.79 Å². The highest BCUT2D eigenvalue weighted by atomic mass is 16.2. The summed E-state index contributed by atoms with van der Waals surface area (Å²) in [4.78, 5) is 26.6. The van der Waals surface area contributed by atoms with Crippen LogP contribution in [0.5, 0.6) is 0 Å². The average molecular weight is 346 g/mol. The van der Waals surface area contributed by atoms with Crippen LogP contribution in [0.3, 0.4) is 0 Å². The summed E-state index contributed by atoms with van der Waals surface area (Å²) >= 11 is 0. The zero-order valence-corrected chi connectivity index (χ0v) is 15.6. The van der Waals surface area contributed by atoms with Crippen LogP contribution in [-0.2, 0) is 4.79 Å². The number of carbonyl (C=O) groups excluding carboxylic acids is 1. The Labute approximate surface area is 150 Å². The minimum atomic E-state index is 0.215. The van der Waals surface area contributed by atoms with E-state index in [1.165, 1.54) is 0 Å². The molecule has 1 aromatic heterocycles. The van der Waals surface area contributed by atoms with Gasteiger partial charge in [-0.25, -0.2) is 9.97 Å². The third-order valence-electron chi connectivity index (χ3n) is 5.30. The zero-order valence-electron chi connectivity index (χ0n) is 15.6. The molecule has 1 N–H and O–H groups in total. The third-order valence-corrected chi connectivity index (χ3v) is 5.30. The molecule has 138 valence electrons. The van der Waals surface area contributed by atoms with Crippen LogP contribution >= 0.6 is 0 Å². The first-order chi connectivity index (χ1) is 12.0. The highest BCUT2D eigenvalue weighted by molar-refractivity contribution is 5.73. The third kappa shape index (κ3) is 4.81. The van der Waals surface area contributed by atoms with Gasteiger partial charge in [-0.1, -0.05) is 0 Å². The Morgan fingerprint density at radius 2 is 2.00 bits per heavy atom. The molecule has 2 aliphatic rings. The Hall–Kier alpha value is -1.89. The molecule has 0 saturated carbocycles. The average Bonchev–Trinajstić information content (AvgIpc) is 3.06. The van der Waals surface area contributed by atoms with E-state index in [0.29, 0.717) is 12.0 Å². The topological polar surface area (TPSA) is 64.6 Å². The van der Waals surface area contributed by atoms with Crippen molar-refractivity contribution in [3.63, 3.8) is 0 Å². The molecule has 2 aliphatic heterocycles. The van der Waals surface area contributed by atoms with Crippen molar-refractivity contribution in [3.8, 4) is 0 Å². The smallest absolute Gasteiger partial charge is 0.219 e. The van der Waals surface area contributed by atoms with E-state index in [0.717, 1.165) is 63.6 Å². The molecular formula is C18H30N6O. The number of aromatic nitrogens is 2. The first-order valence-corrected chi connectivity index (χ1v) is 9.25. The number of hydrogen-bond acceptors (Lipinski definition) is 6. The van der Waals surface area contributed by atoms with E-state index < -0.39 is 0 Å². The Morgan fingerprint density at radius 3 is 2.64 bits per heavy atom. The minimum Gasteiger partial charge on any atom is -0.367 e. The number of rotatable bonds is 5. The standard InChI is InChI=1S/C18H30N6O/c1-14(25)24-9-4-15(12-24)11-23-7-5-16(6-8-23)21-17-10-18(22(2)3)20-13-19-17/h10,13,15-16H,4-9,11-12H2,1-3H3,(H,19,20,21). The van der Waals surface area contributed by atoms with E-state index in [-0.39, 0.29) is 5.91 Å². The lowest BCUT2D eigenvalue weighted by Gasteiger charge is -2.34. The summed E-state index contributed by atoms with van der Waals surface area (Å²) in [6.45, 7) is 6.88. The van der Waals surface area contributed by atoms with Crippen molar-refractivity contribution in [2.45, 2.75) is 32.2 Å². The van der Waals surface area contributed by atoms with Crippen LogP contribution in [0.4, 0.5) is 11.6 Å². The number of nitrogens with one attached hydrogen (secondary N) is 1. The summed E-state index contributed by atoms with van der Waals surface area (Å²) in [7, 11) is 3.97. The number of likely N-dealkylation sites (tertiary alicyclic amines) is 2. The van der Waals surface area contributed by atoms with Gasteiger partial charge in [-0.15, -0.1) is 0 Å². The van der Waals surface area contributed by atoms with Crippen LogP contribution in [0, 0.1) is 5.92 Å². The molecule has 0 aromatic carbocycles. The number of piperidine rings is 1. The second kappa shape index (κ2) is 7.99. The first-order valence-electron chi connectivity index (χ1n) is 9.25. The predicted molar refractivity (Wildman–Crippen MR) is 99.8 cm³/mol. The fourth-order valence-electron chi connectivity index (χ4n) is 3.77. The van der Waals surface area contributed by atoms with E-state index in [1.807, 2.05) is 30.0 Å². The van der Waals surface area contributed by atoms with Crippen molar-refractivity contribution < 1.29 is 4.79 Å². The fraction of sp³-hybridized carbons (Fsp3) is 0.722. The number of hydrogen-bond donors (Lipinski definition) is 1. The van der Waals surface area contributed by atoms with Crippen molar-refractivity contribution in [3.05, 3.63) is 12.4 Å². The lowest BCUT2D eigenvalue weighted by atomic mass is 10.0. The molecule has 0 aliphatic carbocycles. The fourth-order valence-corrected chi connectivity index (χ4v) is 3.77. The first kappa shape index (κ1) is 17.9. The van der Waals surface area contributed by atoms with Gasteiger partial charge in [0.1, 0.15) is 18.0 Å². The van der Waals surface area contributed by atoms with Crippen LogP contribution in [0.1, 0.15) is 26.2 Å². The SMILES string of the molecule is CC(=O)N1CCC(CN2CCC(Nc3cc(N(C)C)ncn3)CC2)C1. The quantitative estimate of drug-likeness (QED) is 0.867. The molecule has 7 heteroatoms. The summed E-state index contributed by atoms with van der Waals surface area (Å²) in [5, 5.41) is 3.55. The molecular weight excluding hydrogens is 316 g/mol. The molecule has 0 bridgehead atoms. The summed E-state index contributed by atoms with van der Waals surface area (Å²) < 4.78 is 0. The largest absolute Gasteiger partial charge is 0.367 e. The molecule has 2 saturated heterocycles. The van der Waals surface area contributed by atoms with E-state index >= 15 is 0 Å². The normalized spacial score (nSPS) is 22.2. The molecule has 1 atom stereocenters. The lowest BCUT2D eigenvalue weighted by Crippen LogP contribution is -2.42. The zero-order chi connectivity index (χ0) is 17.8. The maximum atomic E-state index is 11.5. The molecule has 1 amide bonds. The molecule has 1 aromatic rings. The van der Waals surface area contributed by atoms with Gasteiger partial charge in [0.25, 0.3) is 0 Å². The second-order valence-electron chi connectivity index (χ2n) is 7.49. The summed E-state index contributed by atoms with van der Waals surface area (Å²) in [6.07, 6.45) is 5.02. The number of anilines is 2. The maximum absolute atomic E-state index is 11.5. The lowest BCUT2D eigenvalue weighted by molar-refractivity contribution is -0.127. The van der Waals surface area contributed by atoms with Gasteiger partial charge in [-0.05, 0) is 25.2 Å². The number of nitrogens with zero attached hydrogens (tertiary/aromatic N) is 5. The molecule has 3 rings (SSSR count). The molecule has 0 spiro atoms. The van der Waals surface area contributed by atoms with Crippen molar-refractivity contribution in [2.24, 2.45) is 5.92 Å². The monoisotopic (exact) mass is 346 g/mol. The molecule has 0 radical (unpaired) electrons. The predicted octanol–water partition coefficient (Wildman–Crippen LogP) is 1.29. The summed E-state index contributed by atoms with van der Waals surface area (Å²) in [5.41, 5.74) is 0. The van der Waals surface area contributed by atoms with Crippen LogP contribution in [0.2, 0.25) is 0 Å². The Bertz CT molecular complexity index is 585. The van der Waals surface area contributed by atoms with Crippen molar-refractivity contribution in [1.82, 2.24) is 19.8 Å². The van der Waals surface area contributed by atoms with Crippen molar-refractivity contribution in [1.29, 1.82) is 0 Å². The van der Waals surface area contributed by atoms with Crippen molar-refractivity contribution >= 4 is 17.5 Å². The van der Waals surface area contributed by atoms with Gasteiger partial charge in [-0.3, -0.25) is 4.79 Å². The van der Waals surface area contributed by atoms with Gasteiger partial charge in [0, 0.05) is 65.9 Å². The molecule has 2 fully saturated rings. The van der Waals surface area contributed by atoms with Crippen LogP contribution in [0.15, 0.2) is 12.4 Å². The van der Waals surface area contributed by atoms with Crippen LogP contribution in [-0.4, -0.2) is 78.5 Å². The molecule has 25 heavy (non-hydrogen) atoms.